The van der Waals surface area contributed by atoms with Crippen LogP contribution in [0.5, 0.6) is 0 Å². The normalized spacial score (nSPS) is 11.5. The number of hydrogen-bond acceptors (Lipinski definition) is 5. The van der Waals surface area contributed by atoms with Gasteiger partial charge in [-0.25, -0.2) is 4.98 Å². The molecule has 2 aromatic carbocycles. The summed E-state index contributed by atoms with van der Waals surface area (Å²) in [6.45, 7) is 0. The van der Waals surface area contributed by atoms with Gasteiger partial charge in [0.05, 0.1) is 27.1 Å². The first-order valence-electron chi connectivity index (χ1n) is 8.45. The second kappa shape index (κ2) is 6.85. The van der Waals surface area contributed by atoms with Crippen LogP contribution in [0.1, 0.15) is 11.6 Å². The highest BCUT2D eigenvalue weighted by Gasteiger charge is 2.18. The standard InChI is InChI=1S/C21H14N4O3/c1-24-19-9-5-3-7-17(19)23-21(24)14(13-22)12-15-10-11-20(28-15)16-6-2-4-8-18(16)25(26)27/h2-12H,1H3/b14-12+. The molecule has 7 nitrogen and oxygen atoms in total. The van der Waals surface area contributed by atoms with Crippen molar-refractivity contribution in [3.63, 3.8) is 0 Å². The fraction of sp³-hybridized carbons (Fsp3) is 0.0476. The zero-order valence-electron chi connectivity index (χ0n) is 14.9. The molecule has 0 aliphatic carbocycles. The smallest absolute Gasteiger partial charge is 0.280 e. The molecule has 28 heavy (non-hydrogen) atoms. The lowest BCUT2D eigenvalue weighted by Crippen LogP contribution is -1.95. The summed E-state index contributed by atoms with van der Waals surface area (Å²) in [7, 11) is 1.84. The molecule has 0 fully saturated rings. The number of aryl methyl sites for hydroxylation is 1. The van der Waals surface area contributed by atoms with Gasteiger partial charge in [0, 0.05) is 19.2 Å². The largest absolute Gasteiger partial charge is 0.456 e. The van der Waals surface area contributed by atoms with Crippen molar-refractivity contribution in [1.29, 1.82) is 5.26 Å². The van der Waals surface area contributed by atoms with Crippen molar-refractivity contribution >= 4 is 28.4 Å². The van der Waals surface area contributed by atoms with Crippen molar-refractivity contribution in [3.05, 3.63) is 82.4 Å². The Morgan fingerprint density at radius 1 is 1.18 bits per heavy atom. The number of nitro groups is 1. The maximum Gasteiger partial charge on any atom is 0.280 e. The van der Waals surface area contributed by atoms with Crippen LogP contribution in [0.25, 0.3) is 34.0 Å². The lowest BCUT2D eigenvalue weighted by Gasteiger charge is -2.00. The van der Waals surface area contributed by atoms with Gasteiger partial charge in [-0.3, -0.25) is 10.1 Å². The van der Waals surface area contributed by atoms with Gasteiger partial charge in [-0.1, -0.05) is 24.3 Å². The molecule has 0 atom stereocenters. The third-order valence-corrected chi connectivity index (χ3v) is 4.43. The molecule has 0 N–H and O–H groups in total. The minimum Gasteiger partial charge on any atom is -0.456 e. The number of furan rings is 1. The summed E-state index contributed by atoms with van der Waals surface area (Å²) < 4.78 is 7.60. The van der Waals surface area contributed by atoms with Crippen LogP contribution in [0.3, 0.4) is 0 Å². The van der Waals surface area contributed by atoms with Crippen LogP contribution in [0.2, 0.25) is 0 Å². The first-order valence-corrected chi connectivity index (χ1v) is 8.45. The Balaban J connectivity index is 1.76. The van der Waals surface area contributed by atoms with E-state index in [9.17, 15) is 15.4 Å². The molecule has 0 saturated carbocycles. The molecular weight excluding hydrogens is 356 g/mol. The topological polar surface area (TPSA) is 97.9 Å². The number of para-hydroxylation sites is 3. The summed E-state index contributed by atoms with van der Waals surface area (Å²) in [6, 6.07) is 19.5. The van der Waals surface area contributed by atoms with Gasteiger partial charge in [-0.05, 0) is 30.3 Å². The molecule has 0 aliphatic heterocycles. The number of nitrogens with zero attached hydrogens (tertiary/aromatic N) is 4. The van der Waals surface area contributed by atoms with Crippen molar-refractivity contribution in [2.24, 2.45) is 7.05 Å². The highest BCUT2D eigenvalue weighted by molar-refractivity contribution is 5.90. The number of hydrogen-bond donors (Lipinski definition) is 0. The monoisotopic (exact) mass is 370 g/mol. The van der Waals surface area contributed by atoms with E-state index in [0.717, 1.165) is 11.0 Å². The van der Waals surface area contributed by atoms with E-state index in [0.29, 0.717) is 28.5 Å². The first-order chi connectivity index (χ1) is 13.6. The Labute approximate surface area is 159 Å². The number of benzene rings is 2. The van der Waals surface area contributed by atoms with Gasteiger partial charge in [0.2, 0.25) is 0 Å². The zero-order chi connectivity index (χ0) is 19.7. The van der Waals surface area contributed by atoms with E-state index in [1.165, 1.54) is 6.07 Å². The highest BCUT2D eigenvalue weighted by atomic mass is 16.6. The molecule has 136 valence electrons. The Morgan fingerprint density at radius 3 is 2.68 bits per heavy atom. The quantitative estimate of drug-likeness (QED) is 0.292. The zero-order valence-corrected chi connectivity index (χ0v) is 14.9. The van der Waals surface area contributed by atoms with Crippen LogP contribution in [-0.2, 0) is 7.05 Å². The maximum absolute atomic E-state index is 11.2. The van der Waals surface area contributed by atoms with E-state index in [2.05, 4.69) is 11.1 Å². The molecule has 0 spiro atoms. The Bertz CT molecular complexity index is 1270. The molecule has 0 aliphatic rings. The fourth-order valence-corrected chi connectivity index (χ4v) is 3.09. The van der Waals surface area contributed by atoms with Gasteiger partial charge < -0.3 is 8.98 Å². The van der Waals surface area contributed by atoms with Crippen molar-refractivity contribution in [2.75, 3.05) is 0 Å². The van der Waals surface area contributed by atoms with Crippen molar-refractivity contribution < 1.29 is 9.34 Å². The summed E-state index contributed by atoms with van der Waals surface area (Å²) in [5, 5.41) is 20.9. The summed E-state index contributed by atoms with van der Waals surface area (Å²) in [6.07, 6.45) is 1.58. The summed E-state index contributed by atoms with van der Waals surface area (Å²) >= 11 is 0. The first kappa shape index (κ1) is 17.2. The van der Waals surface area contributed by atoms with Gasteiger partial charge in [0.1, 0.15) is 17.6 Å². The molecule has 0 bridgehead atoms. The number of aromatic nitrogens is 2. The number of fused-ring (bicyclic) bond motifs is 1. The predicted molar refractivity (Wildman–Crippen MR) is 105 cm³/mol. The predicted octanol–water partition coefficient (Wildman–Crippen LogP) is 4.81. The molecule has 4 aromatic rings. The van der Waals surface area contributed by atoms with Crippen LogP contribution in [0.4, 0.5) is 5.69 Å². The number of allylic oxidation sites excluding steroid dienone is 1. The third-order valence-electron chi connectivity index (χ3n) is 4.43. The Kier molecular flexibility index (Phi) is 4.22. The molecule has 0 amide bonds. The molecule has 2 heterocycles. The number of nitriles is 1. The lowest BCUT2D eigenvalue weighted by molar-refractivity contribution is -0.384. The SMILES string of the molecule is Cn1c(/C(C#N)=C/c2ccc(-c3ccccc3[N+](=O)[O-])o2)nc2ccccc21. The molecule has 2 aromatic heterocycles. The van der Waals surface area contributed by atoms with E-state index in [4.69, 9.17) is 4.42 Å². The van der Waals surface area contributed by atoms with E-state index in [1.807, 2.05) is 35.9 Å². The van der Waals surface area contributed by atoms with Crippen LogP contribution in [0.15, 0.2) is 65.1 Å². The summed E-state index contributed by atoms with van der Waals surface area (Å²) in [5.41, 5.74) is 2.39. The van der Waals surface area contributed by atoms with Crippen LogP contribution in [-0.4, -0.2) is 14.5 Å². The second-order valence-electron chi connectivity index (χ2n) is 6.13. The van der Waals surface area contributed by atoms with Gasteiger partial charge in [0.15, 0.2) is 5.82 Å². The number of rotatable bonds is 4. The summed E-state index contributed by atoms with van der Waals surface area (Å²) in [5.74, 6) is 1.30. The number of imidazole rings is 1. The average molecular weight is 370 g/mol. The fourth-order valence-electron chi connectivity index (χ4n) is 3.09. The van der Waals surface area contributed by atoms with Crippen LogP contribution >= 0.6 is 0 Å². The Morgan fingerprint density at radius 2 is 1.93 bits per heavy atom. The van der Waals surface area contributed by atoms with Gasteiger partial charge in [0.25, 0.3) is 5.69 Å². The van der Waals surface area contributed by atoms with E-state index < -0.39 is 4.92 Å². The Hall–Kier alpha value is -4.18. The van der Waals surface area contributed by atoms with E-state index >= 15 is 0 Å². The molecule has 7 heteroatoms. The van der Waals surface area contributed by atoms with E-state index in [-0.39, 0.29) is 5.69 Å². The molecular formula is C21H14N4O3. The molecule has 0 saturated heterocycles. The maximum atomic E-state index is 11.2. The van der Waals surface area contributed by atoms with Crippen LogP contribution < -0.4 is 0 Å². The molecule has 0 unspecified atom stereocenters. The van der Waals surface area contributed by atoms with Gasteiger partial charge in [-0.2, -0.15) is 5.26 Å². The minimum atomic E-state index is -0.451. The van der Waals surface area contributed by atoms with Gasteiger partial charge >= 0.3 is 0 Å². The van der Waals surface area contributed by atoms with Crippen molar-refractivity contribution in [2.45, 2.75) is 0 Å². The van der Waals surface area contributed by atoms with Crippen molar-refractivity contribution in [3.8, 4) is 17.4 Å². The van der Waals surface area contributed by atoms with E-state index in [1.54, 1.807) is 36.4 Å². The van der Waals surface area contributed by atoms with Crippen molar-refractivity contribution in [1.82, 2.24) is 9.55 Å². The average Bonchev–Trinajstić information content (AvgIpc) is 3.31. The van der Waals surface area contributed by atoms with Crippen LogP contribution in [0, 0.1) is 21.4 Å². The molecule has 4 rings (SSSR count). The van der Waals surface area contributed by atoms with Gasteiger partial charge in [-0.15, -0.1) is 0 Å². The lowest BCUT2D eigenvalue weighted by atomic mass is 10.1. The number of nitro benzene ring substituents is 1. The molecule has 0 radical (unpaired) electrons. The second-order valence-corrected chi connectivity index (χ2v) is 6.13. The highest BCUT2D eigenvalue weighted by Crippen LogP contribution is 2.32. The summed E-state index contributed by atoms with van der Waals surface area (Å²) in [4.78, 5) is 15.3. The minimum absolute atomic E-state index is 0.0387. The third kappa shape index (κ3) is 2.93.